The van der Waals surface area contributed by atoms with Crippen molar-refractivity contribution >= 4 is 31.3 Å². The lowest BCUT2D eigenvalue weighted by molar-refractivity contribution is -0.119. The van der Waals surface area contributed by atoms with Crippen LogP contribution < -0.4 is 0 Å². The van der Waals surface area contributed by atoms with Gasteiger partial charge in [0.1, 0.15) is 5.78 Å². The van der Waals surface area contributed by atoms with Gasteiger partial charge in [0.2, 0.25) is 0 Å². The van der Waals surface area contributed by atoms with E-state index >= 15 is 0 Å². The van der Waals surface area contributed by atoms with Crippen LogP contribution in [0, 0.1) is 0 Å². The van der Waals surface area contributed by atoms with Crippen LogP contribution in [0.2, 0.25) is 0 Å². The first kappa shape index (κ1) is 22.9. The number of carbonyl (C=O) groups is 1. The van der Waals surface area contributed by atoms with Crippen LogP contribution in [0.5, 0.6) is 0 Å². The van der Waals surface area contributed by atoms with E-state index in [-0.39, 0.29) is 5.78 Å². The average molecular weight is 363 g/mol. The average Bonchev–Trinajstić information content (AvgIpc) is 2.53. The summed E-state index contributed by atoms with van der Waals surface area (Å²) in [6.07, 6.45) is 7.46. The summed E-state index contributed by atoms with van der Waals surface area (Å²) in [6.45, 7) is 9.40. The molecule has 0 atom stereocenters. The molecule has 0 bridgehead atoms. The molecule has 0 amide bonds. The van der Waals surface area contributed by atoms with Crippen molar-refractivity contribution < 1.29 is 18.1 Å². The predicted molar refractivity (Wildman–Crippen MR) is 101 cm³/mol. The molecule has 0 rings (SSSR count). The van der Waals surface area contributed by atoms with Gasteiger partial charge in [0.25, 0.3) is 0 Å². The molecule has 136 valence electrons. The highest BCUT2D eigenvalue weighted by Gasteiger charge is 2.45. The van der Waals surface area contributed by atoms with Crippen LogP contribution in [0.3, 0.4) is 0 Å². The second-order valence-electron chi connectivity index (χ2n) is 5.48. The number of unbranched alkanes of at least 4 members (excludes halogenated alkanes) is 4. The van der Waals surface area contributed by atoms with Gasteiger partial charge in [-0.1, -0.05) is 44.8 Å². The monoisotopic (exact) mass is 362 g/mol. The predicted octanol–water partition coefficient (Wildman–Crippen LogP) is 4.65. The van der Waals surface area contributed by atoms with Gasteiger partial charge in [-0.05, 0) is 33.6 Å². The van der Waals surface area contributed by atoms with Gasteiger partial charge < -0.3 is 13.3 Å². The number of Topliss-reactive ketones (excluding diaryl/α,β-unsaturated/α-hetero) is 1. The molecular formula is C17H34O4SSi. The molecule has 0 spiro atoms. The van der Waals surface area contributed by atoms with Gasteiger partial charge in [-0.15, -0.1) is 0 Å². The molecule has 0 aliphatic carbocycles. The smallest absolute Gasteiger partial charge is 0.370 e. The Morgan fingerprint density at radius 1 is 0.783 bits per heavy atom. The van der Waals surface area contributed by atoms with Gasteiger partial charge in [-0.3, -0.25) is 4.79 Å². The normalized spacial score (nSPS) is 11.7. The highest BCUT2D eigenvalue weighted by Crippen LogP contribution is 2.17. The van der Waals surface area contributed by atoms with Gasteiger partial charge in [0, 0.05) is 32.7 Å². The first-order valence-corrected chi connectivity index (χ1v) is 11.2. The molecular weight excluding hydrogens is 328 g/mol. The van der Waals surface area contributed by atoms with E-state index in [2.05, 4.69) is 6.92 Å². The van der Waals surface area contributed by atoms with Crippen molar-refractivity contribution in [3.05, 3.63) is 0 Å². The molecule has 0 aromatic heterocycles. The minimum absolute atomic E-state index is 0.274. The fourth-order valence-corrected chi connectivity index (χ4v) is 5.33. The SMILES string of the molecule is CCCCCCCC(=O)CCC(=S)[Si](OCC)(OCC)OCC. The summed E-state index contributed by atoms with van der Waals surface area (Å²) in [5.74, 6) is 0.274. The molecule has 0 radical (unpaired) electrons. The molecule has 0 aromatic rings. The Balaban J connectivity index is 4.31. The number of hydrogen-bond acceptors (Lipinski definition) is 5. The topological polar surface area (TPSA) is 44.8 Å². The highest BCUT2D eigenvalue weighted by atomic mass is 32.1. The van der Waals surface area contributed by atoms with E-state index in [0.29, 0.717) is 43.6 Å². The lowest BCUT2D eigenvalue weighted by Crippen LogP contribution is -2.53. The van der Waals surface area contributed by atoms with Gasteiger partial charge in [-0.25, -0.2) is 0 Å². The lowest BCUT2D eigenvalue weighted by atomic mass is 10.1. The fraction of sp³-hybridized carbons (Fsp3) is 0.882. The summed E-state index contributed by atoms with van der Waals surface area (Å²) in [5, 5.41) is 0. The molecule has 0 aliphatic rings. The third-order valence-electron chi connectivity index (χ3n) is 3.53. The van der Waals surface area contributed by atoms with Crippen molar-refractivity contribution in [1.82, 2.24) is 0 Å². The zero-order chi connectivity index (χ0) is 17.6. The molecule has 0 unspecified atom stereocenters. The summed E-state index contributed by atoms with van der Waals surface area (Å²) in [4.78, 5) is 12.0. The Hall–Kier alpha value is -0.143. The quantitative estimate of drug-likeness (QED) is 0.227. The Morgan fingerprint density at radius 2 is 1.30 bits per heavy atom. The van der Waals surface area contributed by atoms with E-state index in [0.717, 1.165) is 12.8 Å². The fourth-order valence-electron chi connectivity index (χ4n) is 2.39. The number of ketones is 1. The second-order valence-corrected chi connectivity index (χ2v) is 8.92. The number of hydrogen-bond donors (Lipinski definition) is 0. The van der Waals surface area contributed by atoms with E-state index < -0.39 is 8.80 Å². The van der Waals surface area contributed by atoms with Gasteiger partial charge in [0.05, 0.1) is 4.49 Å². The zero-order valence-electron chi connectivity index (χ0n) is 15.3. The molecule has 23 heavy (non-hydrogen) atoms. The molecule has 0 heterocycles. The van der Waals surface area contributed by atoms with Crippen molar-refractivity contribution in [2.24, 2.45) is 0 Å². The third-order valence-corrected chi connectivity index (χ3v) is 7.43. The van der Waals surface area contributed by atoms with E-state index in [4.69, 9.17) is 25.5 Å². The van der Waals surface area contributed by atoms with Crippen LogP contribution in [0.1, 0.15) is 79.1 Å². The Morgan fingerprint density at radius 3 is 1.78 bits per heavy atom. The summed E-state index contributed by atoms with van der Waals surface area (Å²) in [7, 11) is -2.94. The first-order chi connectivity index (χ1) is 11.1. The standard InChI is InChI=1S/C17H34O4SSi/c1-5-9-10-11-12-13-16(18)14-15-17(22)23(19-6-2,20-7-3)21-8-4/h5-15H2,1-4H3. The highest BCUT2D eigenvalue weighted by molar-refractivity contribution is 7.84. The molecule has 0 saturated carbocycles. The van der Waals surface area contributed by atoms with Crippen LogP contribution in [-0.4, -0.2) is 38.9 Å². The van der Waals surface area contributed by atoms with Crippen molar-refractivity contribution in [2.45, 2.75) is 79.1 Å². The number of thiocarbonyl (C=S) groups is 1. The number of carbonyl (C=O) groups excluding carboxylic acids is 1. The molecule has 4 nitrogen and oxygen atoms in total. The molecule has 0 N–H and O–H groups in total. The maximum atomic E-state index is 12.0. The van der Waals surface area contributed by atoms with E-state index in [1.54, 1.807) is 0 Å². The van der Waals surface area contributed by atoms with Gasteiger partial charge in [-0.2, -0.15) is 0 Å². The van der Waals surface area contributed by atoms with Crippen LogP contribution in [0.15, 0.2) is 0 Å². The molecule has 6 heteroatoms. The van der Waals surface area contributed by atoms with E-state index in [1.165, 1.54) is 19.3 Å². The second kappa shape index (κ2) is 14.2. The summed E-state index contributed by atoms with van der Waals surface area (Å²) >= 11 is 5.51. The largest absolute Gasteiger partial charge is 0.544 e. The molecule has 0 aromatic carbocycles. The first-order valence-electron chi connectivity index (χ1n) is 9.03. The summed E-state index contributed by atoms with van der Waals surface area (Å²) in [5.41, 5.74) is 0. The van der Waals surface area contributed by atoms with Crippen molar-refractivity contribution in [2.75, 3.05) is 19.8 Å². The Kier molecular flexibility index (Phi) is 14.1. The van der Waals surface area contributed by atoms with Crippen LogP contribution in [0.25, 0.3) is 0 Å². The maximum Gasteiger partial charge on any atom is 0.544 e. The summed E-state index contributed by atoms with van der Waals surface area (Å²) in [6, 6.07) is 0. The summed E-state index contributed by atoms with van der Waals surface area (Å²) < 4.78 is 18.0. The molecule has 0 aliphatic heterocycles. The van der Waals surface area contributed by atoms with Crippen molar-refractivity contribution in [3.8, 4) is 0 Å². The van der Waals surface area contributed by atoms with E-state index in [9.17, 15) is 4.79 Å². The van der Waals surface area contributed by atoms with Crippen molar-refractivity contribution in [3.63, 3.8) is 0 Å². The zero-order valence-corrected chi connectivity index (χ0v) is 17.1. The lowest BCUT2D eigenvalue weighted by Gasteiger charge is -2.28. The number of rotatable bonds is 16. The minimum atomic E-state index is -2.94. The Bertz CT molecular complexity index is 320. The van der Waals surface area contributed by atoms with E-state index in [1.807, 2.05) is 20.8 Å². The third kappa shape index (κ3) is 9.67. The van der Waals surface area contributed by atoms with Crippen molar-refractivity contribution in [1.29, 1.82) is 0 Å². The molecule has 0 saturated heterocycles. The van der Waals surface area contributed by atoms with Crippen LogP contribution >= 0.6 is 12.2 Å². The van der Waals surface area contributed by atoms with Crippen LogP contribution in [-0.2, 0) is 18.1 Å². The Labute approximate surface area is 148 Å². The van der Waals surface area contributed by atoms with Gasteiger partial charge >= 0.3 is 8.80 Å². The molecule has 0 fully saturated rings. The minimum Gasteiger partial charge on any atom is -0.370 e. The van der Waals surface area contributed by atoms with Gasteiger partial charge in [0.15, 0.2) is 0 Å². The maximum absolute atomic E-state index is 12.0. The van der Waals surface area contributed by atoms with Crippen LogP contribution in [0.4, 0.5) is 0 Å².